The van der Waals surface area contributed by atoms with E-state index < -0.39 is 0 Å². The predicted octanol–water partition coefficient (Wildman–Crippen LogP) is 3.25. The first kappa shape index (κ1) is 15.2. The molecule has 1 aromatic heterocycles. The van der Waals surface area contributed by atoms with Gasteiger partial charge in [0.05, 0.1) is 0 Å². The van der Waals surface area contributed by atoms with Gasteiger partial charge in [0.15, 0.2) is 0 Å². The summed E-state index contributed by atoms with van der Waals surface area (Å²) in [5.74, 6) is 1.54. The molecule has 0 spiro atoms. The Morgan fingerprint density at radius 1 is 1.24 bits per heavy atom. The van der Waals surface area contributed by atoms with Gasteiger partial charge in [0.2, 0.25) is 0 Å². The van der Waals surface area contributed by atoms with E-state index >= 15 is 0 Å². The normalized spacial score (nSPS) is 10.5. The van der Waals surface area contributed by atoms with Crippen molar-refractivity contribution < 1.29 is 4.39 Å². The van der Waals surface area contributed by atoms with Crippen LogP contribution in [0.4, 0.5) is 16.0 Å². The molecule has 0 aliphatic rings. The molecule has 0 saturated carbocycles. The largest absolute Gasteiger partial charge is 0.370 e. The lowest BCUT2D eigenvalue weighted by molar-refractivity contribution is 0.625. The Kier molecular flexibility index (Phi) is 5.09. The molecule has 4 nitrogen and oxygen atoms in total. The molecule has 0 amide bonds. The topological polar surface area (TPSA) is 41.1 Å². The van der Waals surface area contributed by atoms with Gasteiger partial charge >= 0.3 is 0 Å². The first-order chi connectivity index (χ1) is 10.2. The van der Waals surface area contributed by atoms with E-state index in [1.54, 1.807) is 18.5 Å². The number of benzene rings is 1. The van der Waals surface area contributed by atoms with Crippen molar-refractivity contribution in [3.05, 3.63) is 47.5 Å². The average molecular weight is 288 g/mol. The van der Waals surface area contributed by atoms with E-state index in [0.717, 1.165) is 35.7 Å². The number of hydrogen-bond acceptors (Lipinski definition) is 4. The molecular formula is C16H21FN4. The van der Waals surface area contributed by atoms with Crippen molar-refractivity contribution in [1.29, 1.82) is 0 Å². The molecule has 0 radical (unpaired) electrons. The summed E-state index contributed by atoms with van der Waals surface area (Å²) in [6.45, 7) is 5.54. The minimum Gasteiger partial charge on any atom is -0.370 e. The van der Waals surface area contributed by atoms with E-state index in [1.807, 2.05) is 24.9 Å². The average Bonchev–Trinajstić information content (AvgIpc) is 2.47. The van der Waals surface area contributed by atoms with Crippen molar-refractivity contribution in [2.75, 3.05) is 23.8 Å². The molecule has 0 aliphatic carbocycles. The van der Waals surface area contributed by atoms with Crippen LogP contribution in [0.15, 0.2) is 30.6 Å². The number of aromatic nitrogens is 2. The summed E-state index contributed by atoms with van der Waals surface area (Å²) in [6, 6.07) is 6.64. The predicted molar refractivity (Wildman–Crippen MR) is 84.1 cm³/mol. The van der Waals surface area contributed by atoms with Gasteiger partial charge in [-0.25, -0.2) is 14.4 Å². The summed E-state index contributed by atoms with van der Waals surface area (Å²) in [4.78, 5) is 10.7. The van der Waals surface area contributed by atoms with Crippen molar-refractivity contribution in [1.82, 2.24) is 9.97 Å². The van der Waals surface area contributed by atoms with Crippen molar-refractivity contribution >= 4 is 11.6 Å². The highest BCUT2D eigenvalue weighted by Gasteiger charge is 2.13. The summed E-state index contributed by atoms with van der Waals surface area (Å²) in [5, 5.41) is 3.26. The summed E-state index contributed by atoms with van der Waals surface area (Å²) in [7, 11) is 1.96. The van der Waals surface area contributed by atoms with E-state index in [2.05, 4.69) is 22.2 Å². The van der Waals surface area contributed by atoms with Crippen molar-refractivity contribution in [2.24, 2.45) is 0 Å². The molecule has 1 aromatic carbocycles. The van der Waals surface area contributed by atoms with Crippen LogP contribution in [0.3, 0.4) is 0 Å². The van der Waals surface area contributed by atoms with Crippen molar-refractivity contribution in [3.8, 4) is 0 Å². The molecule has 0 saturated heterocycles. The lowest BCUT2D eigenvalue weighted by Crippen LogP contribution is -2.20. The Labute approximate surface area is 125 Å². The monoisotopic (exact) mass is 288 g/mol. The number of hydrogen-bond donors (Lipinski definition) is 1. The number of nitrogens with zero attached hydrogens (tertiary/aromatic N) is 3. The fourth-order valence-corrected chi connectivity index (χ4v) is 2.36. The van der Waals surface area contributed by atoms with E-state index in [-0.39, 0.29) is 5.82 Å². The molecule has 2 aromatic rings. The van der Waals surface area contributed by atoms with Crippen LogP contribution in [0, 0.1) is 5.82 Å². The molecule has 0 bridgehead atoms. The number of rotatable bonds is 6. The third-order valence-electron chi connectivity index (χ3n) is 3.29. The maximum Gasteiger partial charge on any atom is 0.137 e. The van der Waals surface area contributed by atoms with Crippen LogP contribution in [-0.2, 0) is 13.0 Å². The fourth-order valence-electron chi connectivity index (χ4n) is 2.36. The van der Waals surface area contributed by atoms with Gasteiger partial charge in [0, 0.05) is 25.7 Å². The van der Waals surface area contributed by atoms with Crippen LogP contribution in [0.25, 0.3) is 0 Å². The maximum atomic E-state index is 13.3. The first-order valence-corrected chi connectivity index (χ1v) is 7.19. The van der Waals surface area contributed by atoms with Gasteiger partial charge in [-0.1, -0.05) is 19.1 Å². The molecule has 1 heterocycles. The van der Waals surface area contributed by atoms with Gasteiger partial charge in [-0.15, -0.1) is 0 Å². The zero-order valence-electron chi connectivity index (χ0n) is 12.7. The molecule has 2 rings (SSSR count). The molecule has 0 atom stereocenters. The highest BCUT2D eigenvalue weighted by atomic mass is 19.1. The molecule has 0 aliphatic heterocycles. The zero-order valence-corrected chi connectivity index (χ0v) is 12.7. The lowest BCUT2D eigenvalue weighted by atomic mass is 10.1. The second kappa shape index (κ2) is 7.02. The molecule has 0 unspecified atom stereocenters. The van der Waals surface area contributed by atoms with Crippen molar-refractivity contribution in [3.63, 3.8) is 0 Å². The van der Waals surface area contributed by atoms with E-state index in [9.17, 15) is 4.39 Å². The van der Waals surface area contributed by atoms with Crippen LogP contribution < -0.4 is 10.2 Å². The highest BCUT2D eigenvalue weighted by molar-refractivity contribution is 5.58. The SMILES string of the molecule is CCNc1ncnc(N(C)Cc2cccc(F)c2)c1CC. The minimum atomic E-state index is -0.215. The number of nitrogens with one attached hydrogen (secondary N) is 1. The third-order valence-corrected chi connectivity index (χ3v) is 3.29. The third kappa shape index (κ3) is 3.68. The van der Waals surface area contributed by atoms with E-state index in [4.69, 9.17) is 0 Å². The minimum absolute atomic E-state index is 0.215. The Bertz CT molecular complexity index is 601. The second-order valence-electron chi connectivity index (χ2n) is 4.89. The van der Waals surface area contributed by atoms with Crippen LogP contribution in [-0.4, -0.2) is 23.6 Å². The van der Waals surface area contributed by atoms with Crippen molar-refractivity contribution in [2.45, 2.75) is 26.8 Å². The Balaban J connectivity index is 2.26. The summed E-state index contributed by atoms with van der Waals surface area (Å²) < 4.78 is 13.3. The summed E-state index contributed by atoms with van der Waals surface area (Å²) >= 11 is 0. The van der Waals surface area contributed by atoms with Gasteiger partial charge in [-0.3, -0.25) is 0 Å². The van der Waals surface area contributed by atoms with Gasteiger partial charge in [0.25, 0.3) is 0 Å². The first-order valence-electron chi connectivity index (χ1n) is 7.19. The number of halogens is 1. The molecule has 112 valence electrons. The Morgan fingerprint density at radius 2 is 2.05 bits per heavy atom. The van der Waals surface area contributed by atoms with Crippen LogP contribution in [0.5, 0.6) is 0 Å². The highest BCUT2D eigenvalue weighted by Crippen LogP contribution is 2.24. The second-order valence-corrected chi connectivity index (χ2v) is 4.89. The van der Waals surface area contributed by atoms with Gasteiger partial charge in [-0.2, -0.15) is 0 Å². The quantitative estimate of drug-likeness (QED) is 0.886. The van der Waals surface area contributed by atoms with Crippen LogP contribution in [0.1, 0.15) is 25.0 Å². The van der Waals surface area contributed by atoms with Gasteiger partial charge in [0.1, 0.15) is 23.8 Å². The summed E-state index contributed by atoms with van der Waals surface area (Å²) in [6.07, 6.45) is 2.40. The summed E-state index contributed by atoms with van der Waals surface area (Å²) in [5.41, 5.74) is 2.00. The van der Waals surface area contributed by atoms with Crippen LogP contribution >= 0.6 is 0 Å². The molecule has 21 heavy (non-hydrogen) atoms. The maximum absolute atomic E-state index is 13.3. The Morgan fingerprint density at radius 3 is 2.71 bits per heavy atom. The smallest absolute Gasteiger partial charge is 0.137 e. The van der Waals surface area contributed by atoms with Gasteiger partial charge < -0.3 is 10.2 Å². The standard InChI is InChI=1S/C16H21FN4/c1-4-14-15(18-5-2)19-11-20-16(14)21(3)10-12-7-6-8-13(17)9-12/h6-9,11H,4-5,10H2,1-3H3,(H,18,19,20). The zero-order chi connectivity index (χ0) is 15.2. The molecule has 5 heteroatoms. The number of anilines is 2. The van der Waals surface area contributed by atoms with E-state index in [0.29, 0.717) is 6.54 Å². The van der Waals surface area contributed by atoms with Gasteiger partial charge in [-0.05, 0) is 31.0 Å². The molecule has 0 fully saturated rings. The molecule has 1 N–H and O–H groups in total. The fraction of sp³-hybridized carbons (Fsp3) is 0.375. The van der Waals surface area contributed by atoms with Crippen LogP contribution in [0.2, 0.25) is 0 Å². The van der Waals surface area contributed by atoms with E-state index in [1.165, 1.54) is 6.07 Å². The molecular weight excluding hydrogens is 267 g/mol. The Hall–Kier alpha value is -2.17. The lowest BCUT2D eigenvalue weighted by Gasteiger charge is -2.22.